The number of thiazole rings is 1. The van der Waals surface area contributed by atoms with Crippen LogP contribution in [0.1, 0.15) is 40.4 Å². The normalized spacial score (nSPS) is 12.7. The summed E-state index contributed by atoms with van der Waals surface area (Å²) in [5, 5.41) is 7.03. The number of aromatic nitrogens is 1. The second-order valence-electron chi connectivity index (χ2n) is 6.86. The second kappa shape index (κ2) is 10.7. The number of hydrogen-bond acceptors (Lipinski definition) is 4. The molecule has 0 spiro atoms. The van der Waals surface area contributed by atoms with E-state index in [0.717, 1.165) is 37.0 Å². The van der Waals surface area contributed by atoms with Crippen molar-refractivity contribution in [1.82, 2.24) is 15.6 Å². The number of amides is 2. The zero-order valence-corrected chi connectivity index (χ0v) is 16.9. The number of terminal acetylenes is 1. The minimum atomic E-state index is -0.118. The molecule has 1 aromatic carbocycles. The van der Waals surface area contributed by atoms with Gasteiger partial charge in [-0.2, -0.15) is 0 Å². The van der Waals surface area contributed by atoms with Crippen molar-refractivity contribution in [2.75, 3.05) is 19.7 Å². The Morgan fingerprint density at radius 1 is 1.14 bits per heavy atom. The molecule has 3 rings (SSSR count). The number of nitrogens with zero attached hydrogens (tertiary/aromatic N) is 1. The highest BCUT2D eigenvalue weighted by molar-refractivity contribution is 7.11. The van der Waals surface area contributed by atoms with Crippen LogP contribution in [0.3, 0.4) is 0 Å². The van der Waals surface area contributed by atoms with Crippen LogP contribution in [0, 0.1) is 12.3 Å². The minimum Gasteiger partial charge on any atom is -0.481 e. The molecule has 0 fully saturated rings. The van der Waals surface area contributed by atoms with Gasteiger partial charge in [0.15, 0.2) is 0 Å². The van der Waals surface area contributed by atoms with Gasteiger partial charge in [0, 0.05) is 24.4 Å². The van der Waals surface area contributed by atoms with Gasteiger partial charge in [-0.05, 0) is 56.2 Å². The molecule has 0 unspecified atom stereocenters. The molecule has 2 N–H and O–H groups in total. The van der Waals surface area contributed by atoms with Gasteiger partial charge in [-0.3, -0.25) is 0 Å². The lowest BCUT2D eigenvalue weighted by Gasteiger charge is -2.08. The standard InChI is InChI=1S/C22H27N3O2S/c1-2-16-27-18-11-9-17(10-12-18)13-15-24-22(26)23-14-5-8-21-25-19-6-3-4-7-20(19)28-21/h1,9-12H,3-8,13-16H2,(H2,23,24,26). The molecule has 1 aliphatic rings. The molecule has 1 aliphatic carbocycles. The predicted molar refractivity (Wildman–Crippen MR) is 113 cm³/mol. The molecule has 0 bridgehead atoms. The van der Waals surface area contributed by atoms with Crippen molar-refractivity contribution in [3.63, 3.8) is 0 Å². The van der Waals surface area contributed by atoms with Crippen LogP contribution >= 0.6 is 11.3 Å². The topological polar surface area (TPSA) is 63.2 Å². The Morgan fingerprint density at radius 2 is 1.93 bits per heavy atom. The number of aryl methyl sites for hydroxylation is 3. The third-order valence-corrected chi connectivity index (χ3v) is 5.90. The number of benzene rings is 1. The highest BCUT2D eigenvalue weighted by Gasteiger charge is 2.14. The van der Waals surface area contributed by atoms with E-state index in [2.05, 4.69) is 16.6 Å². The van der Waals surface area contributed by atoms with Crippen molar-refractivity contribution in [2.45, 2.75) is 44.9 Å². The van der Waals surface area contributed by atoms with Crippen LogP contribution < -0.4 is 15.4 Å². The second-order valence-corrected chi connectivity index (χ2v) is 8.03. The maximum atomic E-state index is 11.9. The van der Waals surface area contributed by atoms with Crippen molar-refractivity contribution in [3.8, 4) is 18.1 Å². The van der Waals surface area contributed by atoms with Crippen LogP contribution in [0.25, 0.3) is 0 Å². The largest absolute Gasteiger partial charge is 0.481 e. The van der Waals surface area contributed by atoms with Gasteiger partial charge in [-0.1, -0.05) is 18.1 Å². The summed E-state index contributed by atoms with van der Waals surface area (Å²) in [6.07, 6.45) is 12.7. The molecular formula is C22H27N3O2S. The summed E-state index contributed by atoms with van der Waals surface area (Å²) in [5.41, 5.74) is 2.45. The highest BCUT2D eigenvalue weighted by Crippen LogP contribution is 2.27. The van der Waals surface area contributed by atoms with E-state index in [-0.39, 0.29) is 12.6 Å². The zero-order chi connectivity index (χ0) is 19.6. The van der Waals surface area contributed by atoms with E-state index in [1.165, 1.54) is 34.8 Å². The third kappa shape index (κ3) is 6.28. The average Bonchev–Trinajstić information content (AvgIpc) is 3.13. The van der Waals surface area contributed by atoms with E-state index in [9.17, 15) is 4.79 Å². The van der Waals surface area contributed by atoms with Crippen molar-refractivity contribution in [2.24, 2.45) is 0 Å². The molecule has 0 radical (unpaired) electrons. The Morgan fingerprint density at radius 3 is 2.71 bits per heavy atom. The SMILES string of the molecule is C#CCOc1ccc(CCNC(=O)NCCCc2nc3c(s2)CCCC3)cc1. The molecule has 0 atom stereocenters. The summed E-state index contributed by atoms with van der Waals surface area (Å²) in [6.45, 7) is 1.53. The van der Waals surface area contributed by atoms with Gasteiger partial charge in [-0.15, -0.1) is 17.8 Å². The average molecular weight is 398 g/mol. The summed E-state index contributed by atoms with van der Waals surface area (Å²) in [5.74, 6) is 3.20. The molecule has 1 aromatic heterocycles. The van der Waals surface area contributed by atoms with Gasteiger partial charge in [0.1, 0.15) is 12.4 Å². The Labute approximate surface area is 170 Å². The van der Waals surface area contributed by atoms with E-state index < -0.39 is 0 Å². The van der Waals surface area contributed by atoms with Gasteiger partial charge in [-0.25, -0.2) is 9.78 Å². The fourth-order valence-electron chi connectivity index (χ4n) is 3.21. The number of rotatable bonds is 9. The predicted octanol–water partition coefficient (Wildman–Crippen LogP) is 3.51. The molecule has 2 amide bonds. The fourth-order valence-corrected chi connectivity index (χ4v) is 4.41. The lowest BCUT2D eigenvalue weighted by molar-refractivity contribution is 0.241. The molecule has 6 heteroatoms. The molecule has 0 aliphatic heterocycles. The number of nitrogens with one attached hydrogen (secondary N) is 2. The number of carbonyl (C=O) groups is 1. The first-order valence-electron chi connectivity index (χ1n) is 9.89. The summed E-state index contributed by atoms with van der Waals surface area (Å²) in [7, 11) is 0. The van der Waals surface area contributed by atoms with Gasteiger partial charge < -0.3 is 15.4 Å². The van der Waals surface area contributed by atoms with Gasteiger partial charge >= 0.3 is 6.03 Å². The zero-order valence-electron chi connectivity index (χ0n) is 16.1. The van der Waals surface area contributed by atoms with E-state index >= 15 is 0 Å². The van der Waals surface area contributed by atoms with Crippen LogP contribution in [0.4, 0.5) is 4.79 Å². The lowest BCUT2D eigenvalue weighted by Crippen LogP contribution is -2.37. The molecular weight excluding hydrogens is 370 g/mol. The first-order valence-corrected chi connectivity index (χ1v) is 10.7. The van der Waals surface area contributed by atoms with E-state index in [1.54, 1.807) is 0 Å². The van der Waals surface area contributed by atoms with Crippen molar-refractivity contribution < 1.29 is 9.53 Å². The first-order chi connectivity index (χ1) is 13.7. The molecule has 0 saturated heterocycles. The molecule has 5 nitrogen and oxygen atoms in total. The number of carbonyl (C=O) groups excluding carboxylic acids is 1. The van der Waals surface area contributed by atoms with Crippen LogP contribution in [-0.4, -0.2) is 30.7 Å². The Balaban J connectivity index is 1.27. The fraction of sp³-hybridized carbons (Fsp3) is 0.455. The summed E-state index contributed by atoms with van der Waals surface area (Å²) in [6, 6.07) is 7.64. The maximum Gasteiger partial charge on any atom is 0.314 e. The highest BCUT2D eigenvalue weighted by atomic mass is 32.1. The van der Waals surface area contributed by atoms with Crippen LogP contribution in [0.2, 0.25) is 0 Å². The van der Waals surface area contributed by atoms with Crippen molar-refractivity contribution in [3.05, 3.63) is 45.4 Å². The summed E-state index contributed by atoms with van der Waals surface area (Å²) >= 11 is 1.85. The third-order valence-electron chi connectivity index (χ3n) is 4.69. The van der Waals surface area contributed by atoms with Crippen LogP contribution in [-0.2, 0) is 25.7 Å². The Kier molecular flexibility index (Phi) is 7.74. The summed E-state index contributed by atoms with van der Waals surface area (Å²) < 4.78 is 5.34. The monoisotopic (exact) mass is 397 g/mol. The van der Waals surface area contributed by atoms with Crippen molar-refractivity contribution in [1.29, 1.82) is 0 Å². The molecule has 0 saturated carbocycles. The Hall–Kier alpha value is -2.52. The van der Waals surface area contributed by atoms with Crippen molar-refractivity contribution >= 4 is 17.4 Å². The molecule has 148 valence electrons. The number of urea groups is 1. The lowest BCUT2D eigenvalue weighted by atomic mass is 10.0. The van der Waals surface area contributed by atoms with Gasteiger partial charge in [0.25, 0.3) is 0 Å². The van der Waals surface area contributed by atoms with E-state index in [0.29, 0.717) is 13.1 Å². The Bertz CT molecular complexity index is 785. The quantitative estimate of drug-likeness (QED) is 0.503. The smallest absolute Gasteiger partial charge is 0.314 e. The molecule has 28 heavy (non-hydrogen) atoms. The van der Waals surface area contributed by atoms with E-state index in [1.807, 2.05) is 35.6 Å². The number of hydrogen-bond donors (Lipinski definition) is 2. The summed E-state index contributed by atoms with van der Waals surface area (Å²) in [4.78, 5) is 18.1. The van der Waals surface area contributed by atoms with E-state index in [4.69, 9.17) is 16.1 Å². The van der Waals surface area contributed by atoms with Crippen LogP contribution in [0.15, 0.2) is 24.3 Å². The molecule has 1 heterocycles. The maximum absolute atomic E-state index is 11.9. The molecule has 2 aromatic rings. The van der Waals surface area contributed by atoms with Gasteiger partial charge in [0.2, 0.25) is 0 Å². The number of ether oxygens (including phenoxy) is 1. The van der Waals surface area contributed by atoms with Gasteiger partial charge in [0.05, 0.1) is 10.7 Å². The first kappa shape index (κ1) is 20.2. The number of fused-ring (bicyclic) bond motifs is 1. The van der Waals surface area contributed by atoms with Crippen LogP contribution in [0.5, 0.6) is 5.75 Å². The minimum absolute atomic E-state index is 0.118.